The van der Waals surface area contributed by atoms with Gasteiger partial charge in [-0.2, -0.15) is 0 Å². The molecule has 0 radical (unpaired) electrons. The average Bonchev–Trinajstić information content (AvgIpc) is 3.06. The van der Waals surface area contributed by atoms with Crippen molar-refractivity contribution in [2.24, 2.45) is 0 Å². The summed E-state index contributed by atoms with van der Waals surface area (Å²) in [4.78, 5) is 15.7. The SMILES string of the molecule is O=C(CCCOc1ccccc1)NCCCCn1ccnc1. The van der Waals surface area contributed by atoms with Gasteiger partial charge >= 0.3 is 0 Å². The summed E-state index contributed by atoms with van der Waals surface area (Å²) in [5, 5.41) is 2.94. The van der Waals surface area contributed by atoms with Crippen molar-refractivity contribution in [2.75, 3.05) is 13.2 Å². The Morgan fingerprint density at radius 2 is 2.05 bits per heavy atom. The molecule has 0 aliphatic carbocycles. The minimum atomic E-state index is 0.0966. The summed E-state index contributed by atoms with van der Waals surface area (Å²) in [5.41, 5.74) is 0. The van der Waals surface area contributed by atoms with Crippen LogP contribution in [0.2, 0.25) is 0 Å². The summed E-state index contributed by atoms with van der Waals surface area (Å²) >= 11 is 0. The lowest BCUT2D eigenvalue weighted by Crippen LogP contribution is -2.24. The number of nitrogens with zero attached hydrogens (tertiary/aromatic N) is 2. The predicted octanol–water partition coefficient (Wildman–Crippen LogP) is 2.64. The number of aryl methyl sites for hydroxylation is 1. The van der Waals surface area contributed by atoms with E-state index in [1.165, 1.54) is 0 Å². The number of ether oxygens (including phenoxy) is 1. The van der Waals surface area contributed by atoms with Crippen LogP contribution in [0.1, 0.15) is 25.7 Å². The van der Waals surface area contributed by atoms with Crippen LogP contribution in [0.15, 0.2) is 49.1 Å². The number of aromatic nitrogens is 2. The maximum Gasteiger partial charge on any atom is 0.220 e. The van der Waals surface area contributed by atoms with Crippen LogP contribution in [-0.2, 0) is 11.3 Å². The van der Waals surface area contributed by atoms with E-state index in [-0.39, 0.29) is 5.91 Å². The third-order valence-corrected chi connectivity index (χ3v) is 3.28. The minimum Gasteiger partial charge on any atom is -0.494 e. The Labute approximate surface area is 131 Å². The van der Waals surface area contributed by atoms with Gasteiger partial charge in [-0.3, -0.25) is 4.79 Å². The van der Waals surface area contributed by atoms with Gasteiger partial charge in [-0.05, 0) is 31.4 Å². The number of hydrogen-bond acceptors (Lipinski definition) is 3. The summed E-state index contributed by atoms with van der Waals surface area (Å²) in [7, 11) is 0. The third-order valence-electron chi connectivity index (χ3n) is 3.28. The zero-order chi connectivity index (χ0) is 15.5. The van der Waals surface area contributed by atoms with Crippen molar-refractivity contribution in [1.29, 1.82) is 0 Å². The van der Waals surface area contributed by atoms with Crippen LogP contribution >= 0.6 is 0 Å². The van der Waals surface area contributed by atoms with E-state index in [1.54, 1.807) is 6.20 Å². The number of imidazole rings is 1. The standard InChI is InChI=1S/C17H23N3O2/c21-17(9-6-14-22-16-7-2-1-3-8-16)19-10-4-5-12-20-13-11-18-15-20/h1-3,7-8,11,13,15H,4-6,9-10,12,14H2,(H,19,21). The van der Waals surface area contributed by atoms with Gasteiger partial charge in [0, 0.05) is 31.9 Å². The third kappa shape index (κ3) is 6.43. The Morgan fingerprint density at radius 1 is 1.18 bits per heavy atom. The van der Waals surface area contributed by atoms with E-state index in [1.807, 2.05) is 47.4 Å². The highest BCUT2D eigenvalue weighted by Gasteiger charge is 2.01. The molecule has 0 bridgehead atoms. The number of benzene rings is 1. The summed E-state index contributed by atoms with van der Waals surface area (Å²) < 4.78 is 7.60. The van der Waals surface area contributed by atoms with Crippen molar-refractivity contribution in [3.05, 3.63) is 49.1 Å². The van der Waals surface area contributed by atoms with Crippen molar-refractivity contribution >= 4 is 5.91 Å². The average molecular weight is 301 g/mol. The molecule has 0 aliphatic heterocycles. The lowest BCUT2D eigenvalue weighted by molar-refractivity contribution is -0.121. The molecule has 1 heterocycles. The van der Waals surface area contributed by atoms with Gasteiger partial charge in [0.1, 0.15) is 5.75 Å². The minimum absolute atomic E-state index is 0.0966. The molecular formula is C17H23N3O2. The first-order valence-electron chi connectivity index (χ1n) is 7.75. The molecule has 0 spiro atoms. The molecule has 1 aromatic carbocycles. The molecule has 0 saturated carbocycles. The number of hydrogen-bond donors (Lipinski definition) is 1. The quantitative estimate of drug-likeness (QED) is 0.686. The van der Waals surface area contributed by atoms with Gasteiger partial charge in [0.05, 0.1) is 12.9 Å². The molecule has 0 saturated heterocycles. The first-order valence-corrected chi connectivity index (χ1v) is 7.75. The predicted molar refractivity (Wildman–Crippen MR) is 85.6 cm³/mol. The molecule has 0 unspecified atom stereocenters. The summed E-state index contributed by atoms with van der Waals surface area (Å²) in [6.07, 6.45) is 8.79. The van der Waals surface area contributed by atoms with Crippen LogP contribution in [0.4, 0.5) is 0 Å². The second-order valence-corrected chi connectivity index (χ2v) is 5.12. The van der Waals surface area contributed by atoms with Crippen LogP contribution in [0.25, 0.3) is 0 Å². The second kappa shape index (κ2) is 9.60. The molecule has 0 atom stereocenters. The highest BCUT2D eigenvalue weighted by Crippen LogP contribution is 2.08. The molecule has 0 fully saturated rings. The fraction of sp³-hybridized carbons (Fsp3) is 0.412. The molecular weight excluding hydrogens is 278 g/mol. The Kier molecular flexibility index (Phi) is 7.02. The molecule has 2 aromatic rings. The smallest absolute Gasteiger partial charge is 0.220 e. The molecule has 1 amide bonds. The molecule has 2 rings (SSSR count). The molecule has 5 nitrogen and oxygen atoms in total. The van der Waals surface area contributed by atoms with Gasteiger partial charge in [0.2, 0.25) is 5.91 Å². The zero-order valence-electron chi connectivity index (χ0n) is 12.8. The van der Waals surface area contributed by atoms with Crippen LogP contribution in [0.3, 0.4) is 0 Å². The fourth-order valence-electron chi connectivity index (χ4n) is 2.09. The Hall–Kier alpha value is -2.30. The molecule has 0 aliphatic rings. The largest absolute Gasteiger partial charge is 0.494 e. The van der Waals surface area contributed by atoms with Crippen molar-refractivity contribution in [2.45, 2.75) is 32.2 Å². The van der Waals surface area contributed by atoms with Gasteiger partial charge in [0.25, 0.3) is 0 Å². The highest BCUT2D eigenvalue weighted by molar-refractivity contribution is 5.75. The number of unbranched alkanes of at least 4 members (excludes halogenated alkanes) is 1. The van der Waals surface area contributed by atoms with Crippen LogP contribution in [-0.4, -0.2) is 28.6 Å². The lowest BCUT2D eigenvalue weighted by atomic mass is 10.2. The van der Waals surface area contributed by atoms with E-state index in [0.717, 1.165) is 38.1 Å². The number of amides is 1. The molecule has 1 N–H and O–H groups in total. The summed E-state index contributed by atoms with van der Waals surface area (Å²) in [5.74, 6) is 0.946. The maximum atomic E-state index is 11.7. The Balaban J connectivity index is 1.44. The summed E-state index contributed by atoms with van der Waals surface area (Å²) in [6, 6.07) is 9.66. The Bertz CT molecular complexity index is 526. The fourth-order valence-corrected chi connectivity index (χ4v) is 2.09. The van der Waals surface area contributed by atoms with E-state index in [0.29, 0.717) is 13.0 Å². The maximum absolute atomic E-state index is 11.7. The number of carbonyl (C=O) groups excluding carboxylic acids is 1. The van der Waals surface area contributed by atoms with E-state index >= 15 is 0 Å². The van der Waals surface area contributed by atoms with Gasteiger partial charge in [-0.15, -0.1) is 0 Å². The van der Waals surface area contributed by atoms with E-state index in [4.69, 9.17) is 4.74 Å². The number of rotatable bonds is 10. The van der Waals surface area contributed by atoms with Crippen molar-refractivity contribution < 1.29 is 9.53 Å². The van der Waals surface area contributed by atoms with Crippen LogP contribution < -0.4 is 10.1 Å². The molecule has 5 heteroatoms. The van der Waals surface area contributed by atoms with E-state index < -0.39 is 0 Å². The Morgan fingerprint density at radius 3 is 2.82 bits per heavy atom. The lowest BCUT2D eigenvalue weighted by Gasteiger charge is -2.07. The molecule has 118 valence electrons. The second-order valence-electron chi connectivity index (χ2n) is 5.12. The van der Waals surface area contributed by atoms with Crippen LogP contribution in [0.5, 0.6) is 5.75 Å². The first-order chi connectivity index (χ1) is 10.8. The van der Waals surface area contributed by atoms with Gasteiger partial charge in [-0.25, -0.2) is 4.98 Å². The van der Waals surface area contributed by atoms with Gasteiger partial charge < -0.3 is 14.6 Å². The number of nitrogens with one attached hydrogen (secondary N) is 1. The summed E-state index contributed by atoms with van der Waals surface area (Å²) in [6.45, 7) is 2.24. The topological polar surface area (TPSA) is 56.1 Å². The highest BCUT2D eigenvalue weighted by atomic mass is 16.5. The van der Waals surface area contributed by atoms with Crippen molar-refractivity contribution in [3.63, 3.8) is 0 Å². The molecule has 1 aromatic heterocycles. The van der Waals surface area contributed by atoms with Gasteiger partial charge in [0.15, 0.2) is 0 Å². The van der Waals surface area contributed by atoms with Crippen molar-refractivity contribution in [3.8, 4) is 5.75 Å². The number of carbonyl (C=O) groups is 1. The number of para-hydroxylation sites is 1. The molecule has 22 heavy (non-hydrogen) atoms. The zero-order valence-corrected chi connectivity index (χ0v) is 12.8. The van der Waals surface area contributed by atoms with Crippen LogP contribution in [0, 0.1) is 0 Å². The van der Waals surface area contributed by atoms with Gasteiger partial charge in [-0.1, -0.05) is 18.2 Å². The van der Waals surface area contributed by atoms with Crippen molar-refractivity contribution in [1.82, 2.24) is 14.9 Å². The normalized spacial score (nSPS) is 10.4. The first kappa shape index (κ1) is 16.1. The van der Waals surface area contributed by atoms with E-state index in [9.17, 15) is 4.79 Å². The monoisotopic (exact) mass is 301 g/mol. The van der Waals surface area contributed by atoms with E-state index in [2.05, 4.69) is 10.3 Å².